The molecule has 1 aliphatic carbocycles. The molecule has 4 nitrogen and oxygen atoms in total. The molecule has 0 aliphatic heterocycles. The van der Waals surface area contributed by atoms with Crippen LogP contribution in [0.2, 0.25) is 0 Å². The second-order valence-corrected chi connectivity index (χ2v) is 6.59. The number of hydrogen-bond acceptors (Lipinski definition) is 3. The standard InChI is InChI=1S/C18H24N2O2S/c1-13(21)15-8-5-9-16(12-15)19-18(23)20-17(22)11-10-14-6-3-2-4-7-14/h5,8-9,12,14H,2-4,6-7,10-11H2,1H3,(H2,19,20,22,23). The zero-order valence-electron chi connectivity index (χ0n) is 13.6. The second kappa shape index (κ2) is 8.77. The Morgan fingerprint density at radius 3 is 2.65 bits per heavy atom. The van der Waals surface area contributed by atoms with Crippen LogP contribution in [0, 0.1) is 5.92 Å². The molecule has 0 spiro atoms. The Morgan fingerprint density at radius 2 is 1.96 bits per heavy atom. The van der Waals surface area contributed by atoms with Gasteiger partial charge in [0.05, 0.1) is 0 Å². The predicted molar refractivity (Wildman–Crippen MR) is 96.6 cm³/mol. The van der Waals surface area contributed by atoms with Gasteiger partial charge in [0.15, 0.2) is 10.9 Å². The van der Waals surface area contributed by atoms with Gasteiger partial charge in [0.1, 0.15) is 0 Å². The van der Waals surface area contributed by atoms with Crippen molar-refractivity contribution in [2.24, 2.45) is 5.92 Å². The number of rotatable bonds is 5. The Balaban J connectivity index is 1.76. The molecule has 1 amide bonds. The minimum absolute atomic E-state index is 0.00362. The molecule has 2 rings (SSSR count). The Kier molecular flexibility index (Phi) is 6.71. The summed E-state index contributed by atoms with van der Waals surface area (Å²) in [5.74, 6) is 0.634. The van der Waals surface area contributed by atoms with Crippen LogP contribution in [0.4, 0.5) is 5.69 Å². The summed E-state index contributed by atoms with van der Waals surface area (Å²) in [7, 11) is 0. The first-order valence-electron chi connectivity index (χ1n) is 8.26. The van der Waals surface area contributed by atoms with Crippen LogP contribution < -0.4 is 10.6 Å². The summed E-state index contributed by atoms with van der Waals surface area (Å²) in [5, 5.41) is 5.94. The molecule has 2 N–H and O–H groups in total. The molecular weight excluding hydrogens is 308 g/mol. The summed E-state index contributed by atoms with van der Waals surface area (Å²) in [6.07, 6.45) is 7.85. The lowest BCUT2D eigenvalue weighted by molar-refractivity contribution is -0.120. The van der Waals surface area contributed by atoms with E-state index in [0.29, 0.717) is 23.6 Å². The van der Waals surface area contributed by atoms with Gasteiger partial charge < -0.3 is 10.6 Å². The molecule has 1 fully saturated rings. The average Bonchev–Trinajstić information content (AvgIpc) is 2.54. The van der Waals surface area contributed by atoms with E-state index in [1.165, 1.54) is 39.0 Å². The van der Waals surface area contributed by atoms with Crippen molar-refractivity contribution in [3.05, 3.63) is 29.8 Å². The van der Waals surface area contributed by atoms with Crippen LogP contribution >= 0.6 is 12.2 Å². The molecule has 1 aromatic rings. The Labute approximate surface area is 143 Å². The van der Waals surface area contributed by atoms with Gasteiger partial charge in [0, 0.05) is 17.7 Å². The molecule has 1 saturated carbocycles. The van der Waals surface area contributed by atoms with Gasteiger partial charge in [-0.2, -0.15) is 0 Å². The van der Waals surface area contributed by atoms with Gasteiger partial charge in [-0.15, -0.1) is 0 Å². The highest BCUT2D eigenvalue weighted by Gasteiger charge is 2.15. The third kappa shape index (κ3) is 6.10. The summed E-state index contributed by atoms with van der Waals surface area (Å²) in [6.45, 7) is 1.52. The van der Waals surface area contributed by atoms with E-state index in [1.807, 2.05) is 6.07 Å². The molecule has 0 saturated heterocycles. The molecule has 0 aromatic heterocycles. The minimum atomic E-state index is -0.0456. The number of amides is 1. The zero-order valence-corrected chi connectivity index (χ0v) is 14.4. The molecule has 5 heteroatoms. The number of thiocarbonyl (C=S) groups is 1. The van der Waals surface area contributed by atoms with Gasteiger partial charge in [-0.25, -0.2) is 0 Å². The van der Waals surface area contributed by atoms with Crippen molar-refractivity contribution in [2.45, 2.75) is 51.9 Å². The number of ketones is 1. The van der Waals surface area contributed by atoms with Crippen LogP contribution in [0.15, 0.2) is 24.3 Å². The first-order valence-corrected chi connectivity index (χ1v) is 8.67. The number of Topliss-reactive ketones (excluding diaryl/α,β-unsaturated/α-hetero) is 1. The van der Waals surface area contributed by atoms with E-state index in [4.69, 9.17) is 12.2 Å². The summed E-state index contributed by atoms with van der Waals surface area (Å²) >= 11 is 5.16. The smallest absolute Gasteiger partial charge is 0.226 e. The number of nitrogens with one attached hydrogen (secondary N) is 2. The van der Waals surface area contributed by atoms with E-state index < -0.39 is 0 Å². The fourth-order valence-electron chi connectivity index (χ4n) is 2.98. The van der Waals surface area contributed by atoms with Crippen LogP contribution in [0.25, 0.3) is 0 Å². The topological polar surface area (TPSA) is 58.2 Å². The first-order chi connectivity index (χ1) is 11.0. The molecule has 1 aromatic carbocycles. The molecule has 0 bridgehead atoms. The molecule has 0 heterocycles. The van der Waals surface area contributed by atoms with Crippen molar-refractivity contribution in [3.8, 4) is 0 Å². The predicted octanol–water partition coefficient (Wildman–Crippen LogP) is 4.06. The van der Waals surface area contributed by atoms with Gasteiger partial charge >= 0.3 is 0 Å². The van der Waals surface area contributed by atoms with Gasteiger partial charge in [-0.3, -0.25) is 9.59 Å². The lowest BCUT2D eigenvalue weighted by Crippen LogP contribution is -2.34. The third-order valence-electron chi connectivity index (χ3n) is 4.28. The van der Waals surface area contributed by atoms with E-state index >= 15 is 0 Å². The van der Waals surface area contributed by atoms with Gasteiger partial charge in [-0.1, -0.05) is 44.2 Å². The molecule has 23 heavy (non-hydrogen) atoms. The Morgan fingerprint density at radius 1 is 1.22 bits per heavy atom. The second-order valence-electron chi connectivity index (χ2n) is 6.18. The SMILES string of the molecule is CC(=O)c1cccc(NC(=S)NC(=O)CCC2CCCCC2)c1. The molecular formula is C18H24N2O2S. The molecule has 0 unspecified atom stereocenters. The van der Waals surface area contributed by atoms with Crippen molar-refractivity contribution < 1.29 is 9.59 Å². The molecule has 0 atom stereocenters. The van der Waals surface area contributed by atoms with E-state index in [0.717, 1.165) is 6.42 Å². The summed E-state index contributed by atoms with van der Waals surface area (Å²) in [4.78, 5) is 23.3. The van der Waals surface area contributed by atoms with Gasteiger partial charge in [0.25, 0.3) is 0 Å². The van der Waals surface area contributed by atoms with Crippen molar-refractivity contribution in [1.29, 1.82) is 0 Å². The zero-order chi connectivity index (χ0) is 16.7. The van der Waals surface area contributed by atoms with Crippen LogP contribution in [-0.2, 0) is 4.79 Å². The van der Waals surface area contributed by atoms with Crippen molar-refractivity contribution in [2.75, 3.05) is 5.32 Å². The molecule has 0 radical (unpaired) electrons. The number of carbonyl (C=O) groups excluding carboxylic acids is 2. The third-order valence-corrected chi connectivity index (χ3v) is 4.49. The maximum absolute atomic E-state index is 12.0. The quantitative estimate of drug-likeness (QED) is 0.630. The molecule has 1 aliphatic rings. The average molecular weight is 332 g/mol. The number of carbonyl (C=O) groups is 2. The van der Waals surface area contributed by atoms with Crippen LogP contribution in [0.3, 0.4) is 0 Å². The van der Waals surface area contributed by atoms with Crippen LogP contribution in [-0.4, -0.2) is 16.8 Å². The number of benzene rings is 1. The Hall–Kier alpha value is -1.75. The van der Waals surface area contributed by atoms with Gasteiger partial charge in [-0.05, 0) is 43.6 Å². The van der Waals surface area contributed by atoms with E-state index in [-0.39, 0.29) is 16.8 Å². The van der Waals surface area contributed by atoms with E-state index in [1.54, 1.807) is 18.2 Å². The van der Waals surface area contributed by atoms with Crippen LogP contribution in [0.1, 0.15) is 62.2 Å². The van der Waals surface area contributed by atoms with Crippen molar-refractivity contribution in [3.63, 3.8) is 0 Å². The van der Waals surface area contributed by atoms with Gasteiger partial charge in [0.2, 0.25) is 5.91 Å². The van der Waals surface area contributed by atoms with E-state index in [9.17, 15) is 9.59 Å². The summed E-state index contributed by atoms with van der Waals surface area (Å²) in [5.41, 5.74) is 1.32. The molecule has 124 valence electrons. The monoisotopic (exact) mass is 332 g/mol. The summed E-state index contributed by atoms with van der Waals surface area (Å²) in [6, 6.07) is 7.07. The highest BCUT2D eigenvalue weighted by Crippen LogP contribution is 2.27. The lowest BCUT2D eigenvalue weighted by Gasteiger charge is -2.21. The number of anilines is 1. The maximum atomic E-state index is 12.0. The summed E-state index contributed by atoms with van der Waals surface area (Å²) < 4.78 is 0. The van der Waals surface area contributed by atoms with Crippen molar-refractivity contribution >= 4 is 34.7 Å². The first kappa shape index (κ1) is 17.6. The lowest BCUT2D eigenvalue weighted by atomic mass is 9.86. The largest absolute Gasteiger partial charge is 0.332 e. The highest BCUT2D eigenvalue weighted by molar-refractivity contribution is 7.80. The van der Waals surface area contributed by atoms with E-state index in [2.05, 4.69) is 10.6 Å². The maximum Gasteiger partial charge on any atom is 0.226 e. The fraction of sp³-hybridized carbons (Fsp3) is 0.500. The highest BCUT2D eigenvalue weighted by atomic mass is 32.1. The number of hydrogen-bond donors (Lipinski definition) is 2. The fourth-order valence-corrected chi connectivity index (χ4v) is 3.21. The van der Waals surface area contributed by atoms with Crippen molar-refractivity contribution in [1.82, 2.24) is 5.32 Å². The Bertz CT molecular complexity index is 580. The normalized spacial score (nSPS) is 15.0. The van der Waals surface area contributed by atoms with Crippen LogP contribution in [0.5, 0.6) is 0 Å². The minimum Gasteiger partial charge on any atom is -0.332 e.